The molecule has 1 saturated heterocycles. The summed E-state index contributed by atoms with van der Waals surface area (Å²) < 4.78 is 0. The maximum Gasteiger partial charge on any atom is 0.0553 e. The van der Waals surface area contributed by atoms with Crippen molar-refractivity contribution in [1.29, 1.82) is 0 Å². The molecular weight excluding hydrogens is 202 g/mol. The lowest BCUT2D eigenvalue weighted by atomic mass is 9.99. The summed E-state index contributed by atoms with van der Waals surface area (Å²) in [6.45, 7) is 2.75. The fourth-order valence-corrected chi connectivity index (χ4v) is 2.17. The van der Waals surface area contributed by atoms with Crippen molar-refractivity contribution in [2.24, 2.45) is 11.7 Å². The number of hydrogen-bond acceptors (Lipinski definition) is 4. The highest BCUT2D eigenvalue weighted by Crippen LogP contribution is 2.22. The van der Waals surface area contributed by atoms with E-state index in [0.717, 1.165) is 37.3 Å². The van der Waals surface area contributed by atoms with E-state index in [-0.39, 0.29) is 6.61 Å². The van der Waals surface area contributed by atoms with Gasteiger partial charge in [0.25, 0.3) is 0 Å². The van der Waals surface area contributed by atoms with Crippen LogP contribution in [-0.2, 0) is 6.54 Å². The highest BCUT2D eigenvalue weighted by Gasteiger charge is 2.19. The average Bonchev–Trinajstić information content (AvgIpc) is 2.39. The fourth-order valence-electron chi connectivity index (χ4n) is 2.17. The Bertz CT molecular complexity index is 326. The van der Waals surface area contributed by atoms with Crippen molar-refractivity contribution in [2.45, 2.75) is 19.4 Å². The Labute approximate surface area is 96.1 Å². The van der Waals surface area contributed by atoms with Gasteiger partial charge >= 0.3 is 0 Å². The summed E-state index contributed by atoms with van der Waals surface area (Å²) in [6, 6.07) is 4.03. The lowest BCUT2D eigenvalue weighted by molar-refractivity contribution is 0.208. The van der Waals surface area contributed by atoms with Gasteiger partial charge in [0.2, 0.25) is 0 Å². The van der Waals surface area contributed by atoms with Crippen LogP contribution >= 0.6 is 0 Å². The molecule has 16 heavy (non-hydrogen) atoms. The number of rotatable bonds is 3. The minimum atomic E-state index is 0.283. The van der Waals surface area contributed by atoms with E-state index in [1.54, 1.807) is 0 Å². The van der Waals surface area contributed by atoms with Crippen molar-refractivity contribution in [2.75, 3.05) is 24.6 Å². The van der Waals surface area contributed by atoms with Gasteiger partial charge in [0, 0.05) is 26.2 Å². The number of nitrogens with zero attached hydrogens (tertiary/aromatic N) is 2. The average molecular weight is 221 g/mol. The van der Waals surface area contributed by atoms with Gasteiger partial charge in [-0.05, 0) is 30.9 Å². The zero-order chi connectivity index (χ0) is 11.4. The van der Waals surface area contributed by atoms with Crippen LogP contribution in [0.25, 0.3) is 0 Å². The predicted octanol–water partition coefficient (Wildman–Crippen LogP) is 0.749. The number of aromatic nitrogens is 1. The number of nitrogens with two attached hydrogens (primary N) is 1. The number of anilines is 1. The topological polar surface area (TPSA) is 62.4 Å². The van der Waals surface area contributed by atoms with E-state index in [9.17, 15) is 5.11 Å². The third-order valence-electron chi connectivity index (χ3n) is 3.16. The molecule has 1 aromatic rings. The molecule has 1 aliphatic heterocycles. The molecule has 1 aromatic heterocycles. The van der Waals surface area contributed by atoms with E-state index in [1.165, 1.54) is 0 Å². The van der Waals surface area contributed by atoms with Gasteiger partial charge in [-0.1, -0.05) is 0 Å². The lowest BCUT2D eigenvalue weighted by Crippen LogP contribution is -2.36. The summed E-state index contributed by atoms with van der Waals surface area (Å²) >= 11 is 0. The van der Waals surface area contributed by atoms with Crippen LogP contribution in [0.15, 0.2) is 18.3 Å². The summed E-state index contributed by atoms with van der Waals surface area (Å²) in [5, 5.41) is 9.18. The third kappa shape index (κ3) is 2.51. The second-order valence-corrected chi connectivity index (χ2v) is 4.35. The molecule has 1 atom stereocenters. The summed E-state index contributed by atoms with van der Waals surface area (Å²) in [7, 11) is 0. The van der Waals surface area contributed by atoms with E-state index in [4.69, 9.17) is 5.73 Å². The van der Waals surface area contributed by atoms with Crippen LogP contribution < -0.4 is 10.6 Å². The first-order valence-electron chi connectivity index (χ1n) is 5.84. The molecule has 2 heterocycles. The molecule has 0 bridgehead atoms. The first-order chi connectivity index (χ1) is 7.83. The maximum atomic E-state index is 9.18. The summed E-state index contributed by atoms with van der Waals surface area (Å²) in [4.78, 5) is 6.58. The van der Waals surface area contributed by atoms with Crippen LogP contribution in [0, 0.1) is 5.92 Å². The molecule has 0 saturated carbocycles. The Balaban J connectivity index is 2.05. The molecule has 1 unspecified atom stereocenters. The standard InChI is InChI=1S/C12H19N3O/c13-6-11-3-4-12(7-14-11)15-5-1-2-10(8-15)9-16/h3-4,7,10,16H,1-2,5-6,8-9,13H2. The summed E-state index contributed by atoms with van der Waals surface area (Å²) in [5.74, 6) is 0.405. The zero-order valence-electron chi connectivity index (χ0n) is 9.47. The van der Waals surface area contributed by atoms with Gasteiger partial charge in [-0.2, -0.15) is 0 Å². The van der Waals surface area contributed by atoms with Crippen LogP contribution in [-0.4, -0.2) is 29.8 Å². The summed E-state index contributed by atoms with van der Waals surface area (Å²) in [6.07, 6.45) is 4.15. The van der Waals surface area contributed by atoms with Crippen LogP contribution in [0.1, 0.15) is 18.5 Å². The molecule has 0 aromatic carbocycles. The van der Waals surface area contributed by atoms with Crippen molar-refractivity contribution in [3.05, 3.63) is 24.0 Å². The van der Waals surface area contributed by atoms with Crippen LogP contribution in [0.3, 0.4) is 0 Å². The minimum Gasteiger partial charge on any atom is -0.396 e. The van der Waals surface area contributed by atoms with Gasteiger partial charge < -0.3 is 15.7 Å². The van der Waals surface area contributed by atoms with Crippen LogP contribution in [0.5, 0.6) is 0 Å². The second kappa shape index (κ2) is 5.27. The molecule has 0 amide bonds. The first kappa shape index (κ1) is 11.4. The van der Waals surface area contributed by atoms with Crippen molar-refractivity contribution in [1.82, 2.24) is 4.98 Å². The molecule has 3 N–H and O–H groups in total. The largest absolute Gasteiger partial charge is 0.396 e. The van der Waals surface area contributed by atoms with Gasteiger partial charge in [0.1, 0.15) is 0 Å². The molecule has 1 aliphatic rings. The Kier molecular flexibility index (Phi) is 3.74. The second-order valence-electron chi connectivity index (χ2n) is 4.35. The molecule has 0 radical (unpaired) electrons. The molecule has 88 valence electrons. The zero-order valence-corrected chi connectivity index (χ0v) is 9.47. The predicted molar refractivity (Wildman–Crippen MR) is 64.2 cm³/mol. The van der Waals surface area contributed by atoms with E-state index >= 15 is 0 Å². The Morgan fingerprint density at radius 1 is 1.50 bits per heavy atom. The van der Waals surface area contributed by atoms with Crippen molar-refractivity contribution >= 4 is 5.69 Å². The van der Waals surface area contributed by atoms with E-state index in [2.05, 4.69) is 16.0 Å². The number of pyridine rings is 1. The highest BCUT2D eigenvalue weighted by atomic mass is 16.3. The SMILES string of the molecule is NCc1ccc(N2CCCC(CO)C2)cn1. The number of aliphatic hydroxyl groups is 1. The van der Waals surface area contributed by atoms with Gasteiger partial charge in [0.05, 0.1) is 17.6 Å². The maximum absolute atomic E-state index is 9.18. The molecule has 4 nitrogen and oxygen atoms in total. The molecule has 1 fully saturated rings. The lowest BCUT2D eigenvalue weighted by Gasteiger charge is -2.33. The smallest absolute Gasteiger partial charge is 0.0553 e. The number of piperidine rings is 1. The number of hydrogen-bond donors (Lipinski definition) is 2. The van der Waals surface area contributed by atoms with E-state index < -0.39 is 0 Å². The Hall–Kier alpha value is -1.13. The van der Waals surface area contributed by atoms with E-state index in [0.29, 0.717) is 12.5 Å². The molecule has 0 aliphatic carbocycles. The Morgan fingerprint density at radius 2 is 2.38 bits per heavy atom. The molecule has 4 heteroatoms. The van der Waals surface area contributed by atoms with Gasteiger partial charge in [-0.15, -0.1) is 0 Å². The normalized spacial score (nSPS) is 21.1. The van der Waals surface area contributed by atoms with Crippen LogP contribution in [0.4, 0.5) is 5.69 Å². The van der Waals surface area contributed by atoms with E-state index in [1.807, 2.05) is 12.3 Å². The third-order valence-corrected chi connectivity index (χ3v) is 3.16. The fraction of sp³-hybridized carbons (Fsp3) is 0.583. The number of aliphatic hydroxyl groups excluding tert-OH is 1. The van der Waals surface area contributed by atoms with Crippen molar-refractivity contribution in [3.8, 4) is 0 Å². The monoisotopic (exact) mass is 221 g/mol. The van der Waals surface area contributed by atoms with Gasteiger partial charge in [0.15, 0.2) is 0 Å². The summed E-state index contributed by atoms with van der Waals surface area (Å²) in [5.41, 5.74) is 7.56. The van der Waals surface area contributed by atoms with Crippen LogP contribution in [0.2, 0.25) is 0 Å². The Morgan fingerprint density at radius 3 is 3.00 bits per heavy atom. The first-order valence-corrected chi connectivity index (χ1v) is 5.84. The van der Waals surface area contributed by atoms with Gasteiger partial charge in [-0.3, -0.25) is 4.98 Å². The molecule has 2 rings (SSSR count). The molecular formula is C12H19N3O. The van der Waals surface area contributed by atoms with Crippen molar-refractivity contribution < 1.29 is 5.11 Å². The van der Waals surface area contributed by atoms with Crippen molar-refractivity contribution in [3.63, 3.8) is 0 Å². The quantitative estimate of drug-likeness (QED) is 0.790. The minimum absolute atomic E-state index is 0.283. The molecule has 0 spiro atoms. The van der Waals surface area contributed by atoms with Gasteiger partial charge in [-0.25, -0.2) is 0 Å². The highest BCUT2D eigenvalue weighted by molar-refractivity contribution is 5.45.